The monoisotopic (exact) mass is 468 g/mol. The van der Waals surface area contributed by atoms with E-state index in [4.69, 9.17) is 15.2 Å². The number of thiazole rings is 1. The molecule has 31 heavy (non-hydrogen) atoms. The van der Waals surface area contributed by atoms with Crippen LogP contribution in [0.15, 0.2) is 22.7 Å². The van der Waals surface area contributed by atoms with Crippen molar-refractivity contribution in [1.82, 2.24) is 15.2 Å². The predicted molar refractivity (Wildman–Crippen MR) is 113 cm³/mol. The number of rotatable bonds is 8. The Hall–Kier alpha value is -2.90. The van der Waals surface area contributed by atoms with Crippen LogP contribution in [0.5, 0.6) is 0 Å². The van der Waals surface area contributed by atoms with Crippen LogP contribution in [0.4, 0.5) is 5.13 Å². The molecule has 3 rings (SSSR count). The number of nitrogens with zero attached hydrogens (tertiary/aromatic N) is 2. The van der Waals surface area contributed by atoms with Gasteiger partial charge in [-0.3, -0.25) is 19.3 Å². The Morgan fingerprint density at radius 1 is 1.45 bits per heavy atom. The lowest BCUT2D eigenvalue weighted by Gasteiger charge is -2.49. The number of hydrogen-bond donors (Lipinski definition) is 3. The number of aliphatic carboxylic acids is 1. The fraction of sp³-hybridized carbons (Fsp3) is 0.389. The number of carbonyl (C=O) groups is 4. The van der Waals surface area contributed by atoms with E-state index in [2.05, 4.69) is 10.3 Å². The molecular weight excluding hydrogens is 448 g/mol. The van der Waals surface area contributed by atoms with Gasteiger partial charge in [0.1, 0.15) is 23.7 Å². The van der Waals surface area contributed by atoms with Gasteiger partial charge >= 0.3 is 11.9 Å². The number of carboxylic acids is 1. The Balaban J connectivity index is 1.78. The molecule has 166 valence electrons. The third-order valence-corrected chi connectivity index (χ3v) is 6.50. The van der Waals surface area contributed by atoms with Crippen molar-refractivity contribution in [3.05, 3.63) is 28.4 Å². The number of ether oxygens (including phenoxy) is 2. The van der Waals surface area contributed by atoms with Gasteiger partial charge in [-0.25, -0.2) is 9.78 Å². The van der Waals surface area contributed by atoms with E-state index >= 15 is 0 Å². The van der Waals surface area contributed by atoms with Gasteiger partial charge in [0.05, 0.1) is 17.9 Å². The Bertz CT molecular complexity index is 987. The Morgan fingerprint density at radius 2 is 2.19 bits per heavy atom. The summed E-state index contributed by atoms with van der Waals surface area (Å²) < 4.78 is 9.90. The molecule has 11 nitrogen and oxygen atoms in total. The standard InChI is InChI=1S/C18H20N4O7S2/c1-8(23)29-5-9-6-30-16-12(15(25)22(16)13(9)17(26)27)21-14(24)10(3-4-28-2)11-7-31-18(19)20-11/h3,7,12,16H,4-6H2,1-2H3,(H2,19,20)(H,21,24)(H,26,27)/t12?,16-/m1/s1. The van der Waals surface area contributed by atoms with Gasteiger partial charge in [-0.05, 0) is 6.08 Å². The van der Waals surface area contributed by atoms with Gasteiger partial charge < -0.3 is 25.6 Å². The van der Waals surface area contributed by atoms with Gasteiger partial charge in [0.2, 0.25) is 0 Å². The molecule has 0 bridgehead atoms. The largest absolute Gasteiger partial charge is 0.477 e. The average molecular weight is 469 g/mol. The topological polar surface area (TPSA) is 161 Å². The Kier molecular flexibility index (Phi) is 6.97. The zero-order valence-corrected chi connectivity index (χ0v) is 18.2. The van der Waals surface area contributed by atoms with Crippen LogP contribution >= 0.6 is 23.1 Å². The molecule has 0 spiro atoms. The van der Waals surface area contributed by atoms with E-state index in [1.165, 1.54) is 43.2 Å². The molecule has 1 unspecified atom stereocenters. The number of amides is 2. The maximum atomic E-state index is 12.9. The van der Waals surface area contributed by atoms with Crippen LogP contribution in [-0.4, -0.2) is 76.2 Å². The van der Waals surface area contributed by atoms with Gasteiger partial charge in [0.15, 0.2) is 5.13 Å². The number of nitrogens with one attached hydrogen (secondary N) is 1. The normalized spacial score (nSPS) is 20.8. The first-order valence-corrected chi connectivity index (χ1v) is 10.9. The molecule has 13 heteroatoms. The average Bonchev–Trinajstić information content (AvgIpc) is 3.15. The van der Waals surface area contributed by atoms with Gasteiger partial charge in [-0.1, -0.05) is 0 Å². The number of esters is 1. The minimum Gasteiger partial charge on any atom is -0.477 e. The van der Waals surface area contributed by atoms with E-state index in [1.807, 2.05) is 0 Å². The summed E-state index contributed by atoms with van der Waals surface area (Å²) in [5, 5.41) is 13.6. The maximum absolute atomic E-state index is 12.9. The van der Waals surface area contributed by atoms with Crippen molar-refractivity contribution < 1.29 is 33.8 Å². The lowest BCUT2D eigenvalue weighted by Crippen LogP contribution is -2.70. The van der Waals surface area contributed by atoms with E-state index in [0.717, 1.165) is 4.90 Å². The lowest BCUT2D eigenvalue weighted by atomic mass is 10.0. The molecular formula is C18H20N4O7S2. The molecule has 0 aliphatic carbocycles. The highest BCUT2D eigenvalue weighted by molar-refractivity contribution is 8.00. The quantitative estimate of drug-likeness (QED) is 0.270. The van der Waals surface area contributed by atoms with Crippen molar-refractivity contribution >= 4 is 57.6 Å². The molecule has 0 aromatic carbocycles. The van der Waals surface area contributed by atoms with Gasteiger partial charge in [0, 0.05) is 30.7 Å². The van der Waals surface area contributed by atoms with Gasteiger partial charge in [-0.15, -0.1) is 23.1 Å². The summed E-state index contributed by atoms with van der Waals surface area (Å²) in [5.41, 5.74) is 6.31. The Labute approximate surface area is 185 Å². The molecule has 1 fully saturated rings. The third-order valence-electron chi connectivity index (χ3n) is 4.48. The molecule has 2 atom stereocenters. The third kappa shape index (κ3) is 4.73. The second-order valence-electron chi connectivity index (χ2n) is 6.54. The van der Waals surface area contributed by atoms with Crippen LogP contribution in [0, 0.1) is 0 Å². The van der Waals surface area contributed by atoms with Crippen LogP contribution in [-0.2, 0) is 28.7 Å². The molecule has 2 aliphatic heterocycles. The molecule has 2 aliphatic rings. The molecule has 1 aromatic heterocycles. The number of carboxylic acid groups (broad SMARTS) is 1. The van der Waals surface area contributed by atoms with E-state index in [1.54, 1.807) is 5.38 Å². The highest BCUT2D eigenvalue weighted by Gasteiger charge is 2.54. The van der Waals surface area contributed by atoms with Crippen molar-refractivity contribution in [3.8, 4) is 0 Å². The number of aromatic nitrogens is 1. The first-order valence-electron chi connectivity index (χ1n) is 8.99. The van der Waals surface area contributed by atoms with Crippen LogP contribution in [0.1, 0.15) is 12.6 Å². The number of nitrogens with two attached hydrogens (primary N) is 1. The van der Waals surface area contributed by atoms with Crippen molar-refractivity contribution in [3.63, 3.8) is 0 Å². The zero-order chi connectivity index (χ0) is 22.7. The predicted octanol–water partition coefficient (Wildman–Crippen LogP) is 0.0568. The van der Waals surface area contributed by atoms with Crippen molar-refractivity contribution in [2.75, 3.05) is 31.8 Å². The SMILES string of the molecule is COCC=C(C(=O)NC1C(=O)N2C(C(=O)O)=C(COC(C)=O)CS[C@H]12)c1csc(N)n1. The summed E-state index contributed by atoms with van der Waals surface area (Å²) >= 11 is 2.45. The lowest BCUT2D eigenvalue weighted by molar-refractivity contribution is -0.150. The van der Waals surface area contributed by atoms with E-state index in [-0.39, 0.29) is 35.4 Å². The zero-order valence-electron chi connectivity index (χ0n) is 16.6. The number of methoxy groups -OCH3 is 1. The van der Waals surface area contributed by atoms with Crippen molar-refractivity contribution in [2.24, 2.45) is 0 Å². The van der Waals surface area contributed by atoms with Crippen LogP contribution < -0.4 is 11.1 Å². The molecule has 0 saturated carbocycles. The molecule has 2 amide bonds. The fourth-order valence-corrected chi connectivity index (χ4v) is 4.98. The number of carbonyl (C=O) groups excluding carboxylic acids is 3. The van der Waals surface area contributed by atoms with Gasteiger partial charge in [0.25, 0.3) is 11.8 Å². The van der Waals surface area contributed by atoms with E-state index in [0.29, 0.717) is 11.3 Å². The Morgan fingerprint density at radius 3 is 2.77 bits per heavy atom. The summed E-state index contributed by atoms with van der Waals surface area (Å²) in [5.74, 6) is -2.73. The van der Waals surface area contributed by atoms with Crippen LogP contribution in [0.2, 0.25) is 0 Å². The number of fused-ring (bicyclic) bond motifs is 1. The molecule has 4 N–H and O–H groups in total. The first-order chi connectivity index (χ1) is 14.7. The fourth-order valence-electron chi connectivity index (χ4n) is 3.09. The summed E-state index contributed by atoms with van der Waals surface area (Å²) in [7, 11) is 1.47. The molecule has 1 aromatic rings. The molecule has 1 saturated heterocycles. The van der Waals surface area contributed by atoms with E-state index < -0.39 is 35.2 Å². The summed E-state index contributed by atoms with van der Waals surface area (Å²) in [6.07, 6.45) is 1.53. The number of hydrogen-bond acceptors (Lipinski definition) is 10. The minimum absolute atomic E-state index is 0.147. The van der Waals surface area contributed by atoms with Crippen molar-refractivity contribution in [1.29, 1.82) is 0 Å². The highest BCUT2D eigenvalue weighted by atomic mass is 32.2. The van der Waals surface area contributed by atoms with Crippen molar-refractivity contribution in [2.45, 2.75) is 18.3 Å². The summed E-state index contributed by atoms with van der Waals surface area (Å²) in [4.78, 5) is 53.6. The van der Waals surface area contributed by atoms with Crippen LogP contribution in [0.3, 0.4) is 0 Å². The number of thioether (sulfide) groups is 1. The maximum Gasteiger partial charge on any atom is 0.352 e. The number of β-lactam (4-membered cyclic amide) rings is 1. The first kappa shape index (κ1) is 22.8. The highest BCUT2D eigenvalue weighted by Crippen LogP contribution is 2.40. The van der Waals surface area contributed by atoms with Crippen LogP contribution in [0.25, 0.3) is 5.57 Å². The summed E-state index contributed by atoms with van der Waals surface area (Å²) in [6.45, 7) is 1.14. The molecule has 3 heterocycles. The number of anilines is 1. The van der Waals surface area contributed by atoms with E-state index in [9.17, 15) is 24.3 Å². The minimum atomic E-state index is -1.30. The van der Waals surface area contributed by atoms with Gasteiger partial charge in [-0.2, -0.15) is 0 Å². The summed E-state index contributed by atoms with van der Waals surface area (Å²) in [6, 6.07) is -0.913. The second-order valence-corrected chi connectivity index (χ2v) is 8.54. The number of nitrogen functional groups attached to an aromatic ring is 1. The smallest absolute Gasteiger partial charge is 0.352 e. The molecule has 0 radical (unpaired) electrons. The second kappa shape index (κ2) is 9.49.